The Kier molecular flexibility index (Phi) is 6.68. The lowest BCUT2D eigenvalue weighted by molar-refractivity contribution is -0.107. The normalized spacial score (nSPS) is 15.6. The number of aromatic nitrogens is 4. The van der Waals surface area contributed by atoms with Crippen molar-refractivity contribution in [3.63, 3.8) is 0 Å². The van der Waals surface area contributed by atoms with Crippen molar-refractivity contribution in [1.29, 1.82) is 0 Å². The van der Waals surface area contributed by atoms with E-state index in [1.807, 2.05) is 0 Å². The lowest BCUT2D eigenvalue weighted by Gasteiger charge is -2.41. The molecule has 0 radical (unpaired) electrons. The molecule has 3 aromatic heterocycles. The van der Waals surface area contributed by atoms with Crippen LogP contribution in [0.3, 0.4) is 0 Å². The van der Waals surface area contributed by atoms with Crippen molar-refractivity contribution >= 4 is 28.6 Å². The van der Waals surface area contributed by atoms with E-state index >= 15 is 0 Å². The lowest BCUT2D eigenvalue weighted by atomic mass is 9.66. The van der Waals surface area contributed by atoms with E-state index in [0.717, 1.165) is 19.3 Å². The molecule has 0 spiro atoms. The van der Waals surface area contributed by atoms with Crippen LogP contribution in [0.2, 0.25) is 0 Å². The van der Waals surface area contributed by atoms with Gasteiger partial charge in [0.25, 0.3) is 0 Å². The van der Waals surface area contributed by atoms with Crippen LogP contribution < -0.4 is 10.2 Å². The molecule has 32 heavy (non-hydrogen) atoms. The van der Waals surface area contributed by atoms with E-state index in [2.05, 4.69) is 25.5 Å². The van der Waals surface area contributed by atoms with Crippen molar-refractivity contribution in [3.8, 4) is 10.7 Å². The van der Waals surface area contributed by atoms with Crippen LogP contribution in [-0.4, -0.2) is 62.6 Å². The Morgan fingerprint density at radius 2 is 2.12 bits per heavy atom. The first-order valence-electron chi connectivity index (χ1n) is 10.2. The maximum atomic E-state index is 14.3. The number of aliphatic hydroxyl groups excluding tert-OH is 2. The largest absolute Gasteiger partial charge is 0.394 e. The molecule has 1 aliphatic rings. The van der Waals surface area contributed by atoms with Gasteiger partial charge in [0.1, 0.15) is 27.3 Å². The van der Waals surface area contributed by atoms with Crippen molar-refractivity contribution in [1.82, 2.24) is 20.2 Å². The summed E-state index contributed by atoms with van der Waals surface area (Å²) in [5.74, 6) is 0.277. The fourth-order valence-electron chi connectivity index (χ4n) is 3.66. The first kappa shape index (κ1) is 22.2. The summed E-state index contributed by atoms with van der Waals surface area (Å²) in [6.45, 7) is 0.0385. The molecule has 1 atom stereocenters. The molecular weight excluding hydrogens is 435 g/mol. The highest BCUT2D eigenvalue weighted by molar-refractivity contribution is 7.19. The SMILES string of the molecule is O=CN(C[C@@H](O)CO)c1cnc(-c2ccc(NCC3(c4ncccc4F)CCC3)nn2)s1. The van der Waals surface area contributed by atoms with Crippen LogP contribution in [0.4, 0.5) is 15.2 Å². The first-order valence-corrected chi connectivity index (χ1v) is 11.0. The number of hydrogen-bond acceptors (Lipinski definition) is 9. The molecule has 0 bridgehead atoms. The summed E-state index contributed by atoms with van der Waals surface area (Å²) in [5, 5.41) is 31.3. The standard InChI is InChI=1S/C21H23FN6O3S/c22-15-3-1-8-23-19(15)21(6-2-7-21)12-25-17-5-4-16(26-27-17)20-24-9-18(32-20)28(13-30)10-14(31)11-29/h1,3-5,8-9,13-14,29,31H,2,6-7,10-12H2,(H,25,27)/t14-/m1/s1. The molecule has 1 amide bonds. The summed E-state index contributed by atoms with van der Waals surface area (Å²) in [6.07, 6.45) is 5.42. The predicted octanol–water partition coefficient (Wildman–Crippen LogP) is 1.98. The molecule has 3 N–H and O–H groups in total. The van der Waals surface area contributed by atoms with E-state index < -0.39 is 12.7 Å². The second-order valence-corrected chi connectivity index (χ2v) is 8.73. The maximum Gasteiger partial charge on any atom is 0.214 e. The summed E-state index contributed by atoms with van der Waals surface area (Å²) in [6, 6.07) is 6.57. The molecule has 1 fully saturated rings. The number of carbonyl (C=O) groups excluding carboxylic acids is 1. The van der Waals surface area contributed by atoms with Gasteiger partial charge in [-0.2, -0.15) is 0 Å². The van der Waals surface area contributed by atoms with Gasteiger partial charge in [-0.1, -0.05) is 17.8 Å². The van der Waals surface area contributed by atoms with Gasteiger partial charge in [0, 0.05) is 18.2 Å². The predicted molar refractivity (Wildman–Crippen MR) is 118 cm³/mol. The van der Waals surface area contributed by atoms with Crippen LogP contribution in [0.1, 0.15) is 25.0 Å². The van der Waals surface area contributed by atoms with Crippen LogP contribution in [-0.2, 0) is 10.2 Å². The van der Waals surface area contributed by atoms with E-state index in [1.54, 1.807) is 24.4 Å². The highest BCUT2D eigenvalue weighted by Gasteiger charge is 2.41. The number of thiazole rings is 1. The van der Waals surface area contributed by atoms with E-state index in [4.69, 9.17) is 5.11 Å². The van der Waals surface area contributed by atoms with Gasteiger partial charge in [-0.15, -0.1) is 10.2 Å². The van der Waals surface area contributed by atoms with Gasteiger partial charge in [0.05, 0.1) is 31.1 Å². The number of pyridine rings is 1. The second kappa shape index (κ2) is 9.63. The monoisotopic (exact) mass is 458 g/mol. The number of carbonyl (C=O) groups is 1. The van der Waals surface area contributed by atoms with Gasteiger partial charge in [-0.25, -0.2) is 9.37 Å². The summed E-state index contributed by atoms with van der Waals surface area (Å²) in [5.41, 5.74) is 0.687. The zero-order valence-corrected chi connectivity index (χ0v) is 18.0. The van der Waals surface area contributed by atoms with Gasteiger partial charge in [-0.3, -0.25) is 9.78 Å². The molecule has 9 nitrogen and oxygen atoms in total. The van der Waals surface area contributed by atoms with E-state index in [-0.39, 0.29) is 17.8 Å². The van der Waals surface area contributed by atoms with E-state index in [9.17, 15) is 14.3 Å². The molecule has 11 heteroatoms. The molecule has 1 aliphatic carbocycles. The average Bonchev–Trinajstić information content (AvgIpc) is 3.28. The van der Waals surface area contributed by atoms with Gasteiger partial charge in [0.15, 0.2) is 0 Å². The van der Waals surface area contributed by atoms with E-state index in [0.29, 0.717) is 40.2 Å². The van der Waals surface area contributed by atoms with Crippen LogP contribution in [0, 0.1) is 5.82 Å². The number of nitrogens with zero attached hydrogens (tertiary/aromatic N) is 5. The van der Waals surface area contributed by atoms with Crippen LogP contribution >= 0.6 is 11.3 Å². The van der Waals surface area contributed by atoms with Crippen molar-refractivity contribution in [2.45, 2.75) is 30.8 Å². The number of nitrogens with one attached hydrogen (secondary N) is 1. The lowest BCUT2D eigenvalue weighted by Crippen LogP contribution is -2.42. The third-order valence-electron chi connectivity index (χ3n) is 5.59. The Labute approximate surface area is 188 Å². The zero-order chi connectivity index (χ0) is 22.6. The van der Waals surface area contributed by atoms with Crippen molar-refractivity contribution in [3.05, 3.63) is 48.2 Å². The number of aliphatic hydroxyl groups is 2. The van der Waals surface area contributed by atoms with Gasteiger partial charge in [0.2, 0.25) is 6.41 Å². The van der Waals surface area contributed by atoms with Gasteiger partial charge < -0.3 is 20.4 Å². The first-order chi connectivity index (χ1) is 15.5. The summed E-state index contributed by atoms with van der Waals surface area (Å²) >= 11 is 1.22. The highest BCUT2D eigenvalue weighted by atomic mass is 32.1. The Hall–Kier alpha value is -3.02. The summed E-state index contributed by atoms with van der Waals surface area (Å²) in [4.78, 5) is 21.1. The Balaban J connectivity index is 1.42. The van der Waals surface area contributed by atoms with Gasteiger partial charge >= 0.3 is 0 Å². The fourth-order valence-corrected chi connectivity index (χ4v) is 4.52. The number of anilines is 2. The van der Waals surface area contributed by atoms with Crippen molar-refractivity contribution in [2.24, 2.45) is 0 Å². The molecule has 1 saturated carbocycles. The average molecular weight is 459 g/mol. The number of rotatable bonds is 10. The molecule has 168 valence electrons. The third kappa shape index (κ3) is 4.59. The molecular formula is C21H23FN6O3S. The minimum absolute atomic E-state index is 0.0330. The smallest absolute Gasteiger partial charge is 0.214 e. The quantitative estimate of drug-likeness (QED) is 0.394. The maximum absolute atomic E-state index is 14.3. The summed E-state index contributed by atoms with van der Waals surface area (Å²) < 4.78 is 14.3. The van der Waals surface area contributed by atoms with Crippen LogP contribution in [0.25, 0.3) is 10.7 Å². The molecule has 0 saturated heterocycles. The summed E-state index contributed by atoms with van der Waals surface area (Å²) in [7, 11) is 0. The molecule has 0 aromatic carbocycles. The number of halogens is 1. The topological polar surface area (TPSA) is 124 Å². The number of hydrogen-bond donors (Lipinski definition) is 3. The Bertz CT molecular complexity index is 1060. The minimum Gasteiger partial charge on any atom is -0.394 e. The van der Waals surface area contributed by atoms with Gasteiger partial charge in [-0.05, 0) is 37.1 Å². The number of amides is 1. The molecule has 4 rings (SSSR count). The Morgan fingerprint density at radius 1 is 1.28 bits per heavy atom. The second-order valence-electron chi connectivity index (χ2n) is 7.72. The molecule has 0 aliphatic heterocycles. The molecule has 3 aromatic rings. The molecule has 0 unspecified atom stereocenters. The zero-order valence-electron chi connectivity index (χ0n) is 17.2. The van der Waals surface area contributed by atoms with Crippen molar-refractivity contribution in [2.75, 3.05) is 29.9 Å². The van der Waals surface area contributed by atoms with E-state index in [1.165, 1.54) is 28.5 Å². The third-order valence-corrected chi connectivity index (χ3v) is 6.64. The minimum atomic E-state index is -1.03. The fraction of sp³-hybridized carbons (Fsp3) is 0.381. The molecule has 3 heterocycles. The van der Waals surface area contributed by atoms with Crippen LogP contribution in [0.15, 0.2) is 36.7 Å². The Morgan fingerprint density at radius 3 is 2.75 bits per heavy atom. The van der Waals surface area contributed by atoms with Crippen molar-refractivity contribution < 1.29 is 19.4 Å². The highest BCUT2D eigenvalue weighted by Crippen LogP contribution is 2.43. The van der Waals surface area contributed by atoms with Crippen LogP contribution in [0.5, 0.6) is 0 Å².